The molecule has 1 aromatic heterocycles. The molecule has 2 saturated heterocycles. The molecule has 0 aromatic carbocycles. The van der Waals surface area contributed by atoms with Crippen LogP contribution in [-0.4, -0.2) is 34.0 Å². The van der Waals surface area contributed by atoms with Gasteiger partial charge in [-0.25, -0.2) is 9.97 Å². The topological polar surface area (TPSA) is 41.1 Å². The molecule has 4 heteroatoms. The molecule has 1 aromatic rings. The molecule has 21 heavy (non-hydrogen) atoms. The minimum Gasteiger partial charge on any atom is -0.307 e. The van der Waals surface area contributed by atoms with Crippen molar-refractivity contribution in [2.24, 2.45) is 0 Å². The molecule has 4 heterocycles. The van der Waals surface area contributed by atoms with E-state index in [1.807, 2.05) is 0 Å². The van der Waals surface area contributed by atoms with Gasteiger partial charge in [0.05, 0.1) is 11.4 Å². The van der Waals surface area contributed by atoms with E-state index in [1.54, 1.807) is 0 Å². The van der Waals surface area contributed by atoms with Gasteiger partial charge >= 0.3 is 0 Å². The van der Waals surface area contributed by atoms with E-state index in [0.29, 0.717) is 5.92 Å². The van der Waals surface area contributed by atoms with Gasteiger partial charge in [0, 0.05) is 42.6 Å². The highest BCUT2D eigenvalue weighted by Gasteiger charge is 2.41. The third-order valence-electron chi connectivity index (χ3n) is 6.16. The first kappa shape index (κ1) is 12.5. The fourth-order valence-electron chi connectivity index (χ4n) is 4.71. The number of fused-ring (bicyclic) bond motifs is 3. The lowest BCUT2D eigenvalue weighted by Gasteiger charge is -2.35. The number of rotatable bonds is 2. The molecule has 0 radical (unpaired) electrons. The maximum Gasteiger partial charge on any atom is 0.132 e. The van der Waals surface area contributed by atoms with E-state index in [2.05, 4.69) is 17.3 Å². The van der Waals surface area contributed by atoms with E-state index in [-0.39, 0.29) is 0 Å². The number of piperidine rings is 1. The van der Waals surface area contributed by atoms with Crippen molar-refractivity contribution in [3.05, 3.63) is 22.8 Å². The molecule has 5 rings (SSSR count). The molecule has 4 nitrogen and oxygen atoms in total. The predicted molar refractivity (Wildman–Crippen MR) is 81.1 cm³/mol. The van der Waals surface area contributed by atoms with Crippen LogP contribution in [0.25, 0.3) is 0 Å². The number of hydrogen-bond donors (Lipinski definition) is 1. The molecule has 2 atom stereocenters. The van der Waals surface area contributed by atoms with Crippen molar-refractivity contribution in [1.29, 1.82) is 0 Å². The normalized spacial score (nSPS) is 35.2. The number of nitrogens with one attached hydrogen (secondary N) is 1. The maximum atomic E-state index is 5.08. The molecule has 3 fully saturated rings. The fourth-order valence-corrected chi connectivity index (χ4v) is 4.71. The average molecular weight is 284 g/mol. The molecule has 112 valence electrons. The summed E-state index contributed by atoms with van der Waals surface area (Å²) in [5, 5.41) is 3.47. The van der Waals surface area contributed by atoms with Crippen molar-refractivity contribution in [2.75, 3.05) is 7.05 Å². The zero-order valence-electron chi connectivity index (χ0n) is 12.8. The molecule has 1 N–H and O–H groups in total. The Hall–Kier alpha value is -1.00. The molecule has 1 saturated carbocycles. The van der Waals surface area contributed by atoms with Crippen LogP contribution in [0.4, 0.5) is 0 Å². The lowest BCUT2D eigenvalue weighted by atomic mass is 9.90. The van der Waals surface area contributed by atoms with Gasteiger partial charge in [-0.05, 0) is 45.6 Å². The summed E-state index contributed by atoms with van der Waals surface area (Å²) in [6.45, 7) is 1.93. The van der Waals surface area contributed by atoms with Crippen molar-refractivity contribution >= 4 is 0 Å². The Bertz CT molecular complexity index is 566. The molecule has 1 aliphatic carbocycles. The summed E-state index contributed by atoms with van der Waals surface area (Å²) >= 11 is 0. The standard InChI is InChI=1S/C17H24N4/c1-21-12-4-5-13(21)7-11(6-12)17-19-15-9-18-8-14(15)16(20-17)10-2-3-10/h10-13,18H,2-9H2,1H3. The second-order valence-corrected chi connectivity index (χ2v) is 7.49. The quantitative estimate of drug-likeness (QED) is 0.905. The van der Waals surface area contributed by atoms with E-state index >= 15 is 0 Å². The van der Waals surface area contributed by atoms with E-state index in [9.17, 15) is 0 Å². The monoisotopic (exact) mass is 284 g/mol. The Kier molecular flexibility index (Phi) is 2.68. The van der Waals surface area contributed by atoms with E-state index in [0.717, 1.165) is 31.1 Å². The highest BCUT2D eigenvalue weighted by Crippen LogP contribution is 2.44. The van der Waals surface area contributed by atoms with Crippen LogP contribution in [0, 0.1) is 0 Å². The second-order valence-electron chi connectivity index (χ2n) is 7.49. The van der Waals surface area contributed by atoms with Crippen LogP contribution in [-0.2, 0) is 13.1 Å². The fraction of sp³-hybridized carbons (Fsp3) is 0.765. The van der Waals surface area contributed by atoms with Crippen LogP contribution >= 0.6 is 0 Å². The van der Waals surface area contributed by atoms with Crippen LogP contribution in [0.1, 0.15) is 73.1 Å². The summed E-state index contributed by atoms with van der Waals surface area (Å²) in [6.07, 6.45) is 7.95. The first-order valence-corrected chi connectivity index (χ1v) is 8.62. The molecular formula is C17H24N4. The summed E-state index contributed by atoms with van der Waals surface area (Å²) in [5.74, 6) is 2.51. The zero-order valence-corrected chi connectivity index (χ0v) is 12.8. The number of aromatic nitrogens is 2. The molecular weight excluding hydrogens is 260 g/mol. The highest BCUT2D eigenvalue weighted by atomic mass is 15.2. The van der Waals surface area contributed by atoms with Gasteiger partial charge < -0.3 is 10.2 Å². The van der Waals surface area contributed by atoms with Gasteiger partial charge in [0.25, 0.3) is 0 Å². The Balaban J connectivity index is 1.51. The van der Waals surface area contributed by atoms with Crippen LogP contribution < -0.4 is 5.32 Å². The summed E-state index contributed by atoms with van der Waals surface area (Å²) in [7, 11) is 2.31. The van der Waals surface area contributed by atoms with Crippen molar-refractivity contribution in [3.63, 3.8) is 0 Å². The van der Waals surface area contributed by atoms with Crippen LogP contribution in [0.2, 0.25) is 0 Å². The molecule has 3 aliphatic heterocycles. The van der Waals surface area contributed by atoms with Gasteiger partial charge in [-0.1, -0.05) is 0 Å². The van der Waals surface area contributed by atoms with Gasteiger partial charge in [0.15, 0.2) is 0 Å². The predicted octanol–water partition coefficient (Wildman–Crippen LogP) is 2.30. The van der Waals surface area contributed by atoms with E-state index in [4.69, 9.17) is 9.97 Å². The SMILES string of the molecule is CN1C2CCC1CC(c1nc3c(c(C4CC4)n1)CNC3)C2. The number of hydrogen-bond acceptors (Lipinski definition) is 4. The minimum absolute atomic E-state index is 0.599. The Morgan fingerprint density at radius 3 is 2.43 bits per heavy atom. The van der Waals surface area contributed by atoms with Crippen molar-refractivity contribution in [2.45, 2.75) is 75.5 Å². The lowest BCUT2D eigenvalue weighted by Crippen LogP contribution is -2.39. The zero-order chi connectivity index (χ0) is 14.0. The Morgan fingerprint density at radius 1 is 0.952 bits per heavy atom. The molecule has 2 bridgehead atoms. The van der Waals surface area contributed by atoms with Gasteiger partial charge in [0.2, 0.25) is 0 Å². The van der Waals surface area contributed by atoms with Crippen LogP contribution in [0.15, 0.2) is 0 Å². The average Bonchev–Trinajstić information content (AvgIpc) is 3.20. The maximum absolute atomic E-state index is 5.08. The summed E-state index contributed by atoms with van der Waals surface area (Å²) in [5.41, 5.74) is 4.12. The molecule has 4 aliphatic rings. The van der Waals surface area contributed by atoms with E-state index in [1.165, 1.54) is 61.3 Å². The van der Waals surface area contributed by atoms with Gasteiger partial charge in [-0.3, -0.25) is 0 Å². The first-order chi connectivity index (χ1) is 10.3. The first-order valence-electron chi connectivity index (χ1n) is 8.62. The summed E-state index contributed by atoms with van der Waals surface area (Å²) < 4.78 is 0. The Labute approximate surface area is 126 Å². The largest absolute Gasteiger partial charge is 0.307 e. The lowest BCUT2D eigenvalue weighted by molar-refractivity contribution is 0.158. The summed E-state index contributed by atoms with van der Waals surface area (Å²) in [6, 6.07) is 1.54. The third-order valence-corrected chi connectivity index (χ3v) is 6.16. The smallest absolute Gasteiger partial charge is 0.132 e. The van der Waals surface area contributed by atoms with Crippen molar-refractivity contribution in [1.82, 2.24) is 20.2 Å². The van der Waals surface area contributed by atoms with Crippen LogP contribution in [0.5, 0.6) is 0 Å². The molecule has 2 unspecified atom stereocenters. The molecule has 0 amide bonds. The Morgan fingerprint density at radius 2 is 1.71 bits per heavy atom. The second kappa shape index (κ2) is 4.50. The molecule has 0 spiro atoms. The summed E-state index contributed by atoms with van der Waals surface area (Å²) in [4.78, 5) is 12.7. The van der Waals surface area contributed by atoms with Crippen molar-refractivity contribution < 1.29 is 0 Å². The van der Waals surface area contributed by atoms with Gasteiger partial charge in [-0.15, -0.1) is 0 Å². The van der Waals surface area contributed by atoms with E-state index < -0.39 is 0 Å². The van der Waals surface area contributed by atoms with Crippen molar-refractivity contribution in [3.8, 4) is 0 Å². The van der Waals surface area contributed by atoms with Gasteiger partial charge in [-0.2, -0.15) is 0 Å². The number of nitrogens with zero attached hydrogens (tertiary/aromatic N) is 3. The third kappa shape index (κ3) is 1.95. The minimum atomic E-state index is 0.599. The van der Waals surface area contributed by atoms with Gasteiger partial charge in [0.1, 0.15) is 5.82 Å². The van der Waals surface area contributed by atoms with Crippen LogP contribution in [0.3, 0.4) is 0 Å². The highest BCUT2D eigenvalue weighted by molar-refractivity contribution is 5.34.